The van der Waals surface area contributed by atoms with E-state index in [0.29, 0.717) is 17.5 Å². The second-order valence-electron chi connectivity index (χ2n) is 5.72. The number of hydrogen-bond donors (Lipinski definition) is 1. The zero-order valence-electron chi connectivity index (χ0n) is 11.4. The van der Waals surface area contributed by atoms with Gasteiger partial charge in [0.05, 0.1) is 5.56 Å². The average Bonchev–Trinajstić information content (AvgIpc) is 2.82. The van der Waals surface area contributed by atoms with E-state index in [0.717, 1.165) is 31.5 Å². The smallest absolute Gasteiger partial charge is 0.335 e. The first-order valence-electron chi connectivity index (χ1n) is 7.31. The predicted octanol–water partition coefficient (Wildman–Crippen LogP) is 2.90. The molecule has 1 N–H and O–H groups in total. The van der Waals surface area contributed by atoms with Gasteiger partial charge in [0.2, 0.25) is 0 Å². The van der Waals surface area contributed by atoms with E-state index in [2.05, 4.69) is 17.9 Å². The topological polar surface area (TPSA) is 40.5 Å². The fraction of sp³-hybridized carbons (Fsp3) is 0.562. The van der Waals surface area contributed by atoms with Gasteiger partial charge in [0.15, 0.2) is 0 Å². The van der Waals surface area contributed by atoms with Crippen molar-refractivity contribution < 1.29 is 9.90 Å². The Kier molecular flexibility index (Phi) is 3.31. The summed E-state index contributed by atoms with van der Waals surface area (Å²) in [4.78, 5) is 14.0. The van der Waals surface area contributed by atoms with Crippen LogP contribution in [-0.2, 0) is 6.42 Å². The third-order valence-electron chi connectivity index (χ3n) is 4.68. The average molecular weight is 259 g/mol. The lowest BCUT2D eigenvalue weighted by molar-refractivity contribution is 0.0694. The molecule has 2 atom stereocenters. The van der Waals surface area contributed by atoms with E-state index < -0.39 is 5.97 Å². The Morgan fingerprint density at radius 1 is 1.42 bits per heavy atom. The van der Waals surface area contributed by atoms with Crippen molar-refractivity contribution in [2.24, 2.45) is 0 Å². The molecule has 2 aliphatic rings. The third-order valence-corrected chi connectivity index (χ3v) is 4.68. The Balaban J connectivity index is 1.99. The molecule has 3 heteroatoms. The molecule has 3 nitrogen and oxygen atoms in total. The highest BCUT2D eigenvalue weighted by atomic mass is 16.4. The Bertz CT molecular complexity index is 498. The molecule has 1 aromatic carbocycles. The van der Waals surface area contributed by atoms with Gasteiger partial charge in [-0.2, -0.15) is 0 Å². The molecule has 1 aliphatic heterocycles. The fourth-order valence-electron chi connectivity index (χ4n) is 3.96. The van der Waals surface area contributed by atoms with Crippen LogP contribution in [0.1, 0.15) is 53.6 Å². The first-order valence-corrected chi connectivity index (χ1v) is 7.31. The first kappa shape index (κ1) is 12.7. The Morgan fingerprint density at radius 3 is 3.00 bits per heavy atom. The minimum absolute atomic E-state index is 0.433. The summed E-state index contributed by atoms with van der Waals surface area (Å²) in [5, 5.41) is 9.42. The normalized spacial score (nSPS) is 25.9. The number of aryl methyl sites for hydroxylation is 1. The van der Waals surface area contributed by atoms with Crippen molar-refractivity contribution in [3.63, 3.8) is 0 Å². The van der Waals surface area contributed by atoms with E-state index in [4.69, 9.17) is 0 Å². The van der Waals surface area contributed by atoms with E-state index in [-0.39, 0.29) is 0 Å². The van der Waals surface area contributed by atoms with Gasteiger partial charge in [-0.1, -0.05) is 19.1 Å². The number of likely N-dealkylation sites (tertiary alicyclic amines) is 1. The highest BCUT2D eigenvalue weighted by molar-refractivity contribution is 5.90. The number of nitrogens with zero attached hydrogens (tertiary/aromatic N) is 1. The van der Waals surface area contributed by atoms with Crippen molar-refractivity contribution in [2.75, 3.05) is 13.1 Å². The van der Waals surface area contributed by atoms with E-state index in [1.807, 2.05) is 6.07 Å². The fourth-order valence-corrected chi connectivity index (χ4v) is 3.96. The summed E-state index contributed by atoms with van der Waals surface area (Å²) in [7, 11) is 0. The number of aromatic carboxylic acids is 1. The molecule has 0 amide bonds. The predicted molar refractivity (Wildman–Crippen MR) is 74.7 cm³/mol. The maximum atomic E-state index is 11.5. The number of fused-ring (bicyclic) bond motifs is 3. The molecule has 19 heavy (non-hydrogen) atoms. The van der Waals surface area contributed by atoms with Crippen LogP contribution in [0.2, 0.25) is 0 Å². The molecular weight excluding hydrogens is 238 g/mol. The number of hydrogen-bond acceptors (Lipinski definition) is 2. The van der Waals surface area contributed by atoms with Crippen LogP contribution in [-0.4, -0.2) is 35.1 Å². The van der Waals surface area contributed by atoms with E-state index in [9.17, 15) is 9.90 Å². The molecule has 1 fully saturated rings. The van der Waals surface area contributed by atoms with Crippen LogP contribution in [0.3, 0.4) is 0 Å². The van der Waals surface area contributed by atoms with Crippen LogP contribution >= 0.6 is 0 Å². The molecule has 0 unspecified atom stereocenters. The van der Waals surface area contributed by atoms with E-state index >= 15 is 0 Å². The quantitative estimate of drug-likeness (QED) is 0.907. The molecule has 1 aromatic rings. The molecule has 102 valence electrons. The second-order valence-corrected chi connectivity index (χ2v) is 5.72. The van der Waals surface area contributed by atoms with Gasteiger partial charge in [0.25, 0.3) is 0 Å². The van der Waals surface area contributed by atoms with Gasteiger partial charge in [-0.05, 0) is 56.0 Å². The van der Waals surface area contributed by atoms with Crippen molar-refractivity contribution in [2.45, 2.75) is 44.6 Å². The van der Waals surface area contributed by atoms with Gasteiger partial charge in [0.1, 0.15) is 0 Å². The maximum Gasteiger partial charge on any atom is 0.335 e. The van der Waals surface area contributed by atoms with Crippen molar-refractivity contribution in [1.29, 1.82) is 0 Å². The lowest BCUT2D eigenvalue weighted by Gasteiger charge is -2.34. The Hall–Kier alpha value is -1.35. The molecule has 0 bridgehead atoms. The van der Waals surface area contributed by atoms with Crippen molar-refractivity contribution in [1.82, 2.24) is 4.90 Å². The summed E-state index contributed by atoms with van der Waals surface area (Å²) in [5.41, 5.74) is 2.93. The monoisotopic (exact) mass is 259 g/mol. The van der Waals surface area contributed by atoms with E-state index in [1.54, 1.807) is 6.07 Å². The summed E-state index contributed by atoms with van der Waals surface area (Å²) in [6, 6.07) is 6.33. The molecule has 0 saturated carbocycles. The zero-order valence-corrected chi connectivity index (χ0v) is 11.4. The number of carboxylic acids is 1. The second kappa shape index (κ2) is 4.97. The minimum Gasteiger partial charge on any atom is -0.478 e. The van der Waals surface area contributed by atoms with Gasteiger partial charge in [-0.15, -0.1) is 0 Å². The lowest BCUT2D eigenvalue weighted by atomic mass is 9.77. The minimum atomic E-state index is -0.772. The number of rotatable bonds is 3. The molecule has 1 heterocycles. The Morgan fingerprint density at radius 2 is 2.26 bits per heavy atom. The molecular formula is C16H21NO2. The van der Waals surface area contributed by atoms with Crippen LogP contribution in [0.25, 0.3) is 0 Å². The molecule has 0 spiro atoms. The summed E-state index contributed by atoms with van der Waals surface area (Å²) < 4.78 is 0. The molecule has 0 radical (unpaired) electrons. The van der Waals surface area contributed by atoms with Crippen molar-refractivity contribution >= 4 is 5.97 Å². The van der Waals surface area contributed by atoms with Crippen LogP contribution in [0.15, 0.2) is 18.2 Å². The van der Waals surface area contributed by atoms with Crippen LogP contribution in [0.5, 0.6) is 0 Å². The first-order chi connectivity index (χ1) is 9.22. The molecule has 0 aromatic heterocycles. The maximum absolute atomic E-state index is 11.5. The summed E-state index contributed by atoms with van der Waals surface area (Å²) in [6.45, 7) is 4.48. The molecule has 1 saturated heterocycles. The van der Waals surface area contributed by atoms with Gasteiger partial charge < -0.3 is 5.11 Å². The molecule has 3 rings (SSSR count). The Labute approximate surface area is 114 Å². The van der Waals surface area contributed by atoms with Crippen LogP contribution in [0, 0.1) is 0 Å². The number of carboxylic acid groups (broad SMARTS) is 1. The summed E-state index contributed by atoms with van der Waals surface area (Å²) >= 11 is 0. The number of carbonyl (C=O) groups is 1. The zero-order chi connectivity index (χ0) is 13.4. The van der Waals surface area contributed by atoms with E-state index in [1.165, 1.54) is 18.4 Å². The molecule has 1 aliphatic carbocycles. The van der Waals surface area contributed by atoms with Gasteiger partial charge in [0, 0.05) is 12.0 Å². The highest BCUT2D eigenvalue weighted by Crippen LogP contribution is 2.43. The van der Waals surface area contributed by atoms with Crippen LogP contribution in [0.4, 0.5) is 0 Å². The standard InChI is InChI=1S/C16H21NO2/c1-2-9-17-10-8-12-14(17)7-6-11-4-3-5-13(15(11)12)16(18)19/h3-5,12,14H,2,6-10H2,1H3,(H,18,19)/t12-,14-/m1/s1. The lowest BCUT2D eigenvalue weighted by Crippen LogP contribution is -2.36. The van der Waals surface area contributed by atoms with Gasteiger partial charge in [-0.25, -0.2) is 4.79 Å². The number of benzene rings is 1. The van der Waals surface area contributed by atoms with Crippen LogP contribution < -0.4 is 0 Å². The van der Waals surface area contributed by atoms with Crippen molar-refractivity contribution in [3.05, 3.63) is 34.9 Å². The largest absolute Gasteiger partial charge is 0.478 e. The third kappa shape index (κ3) is 2.06. The highest BCUT2D eigenvalue weighted by Gasteiger charge is 2.39. The van der Waals surface area contributed by atoms with Crippen molar-refractivity contribution in [3.8, 4) is 0 Å². The van der Waals surface area contributed by atoms with Gasteiger partial charge in [-0.3, -0.25) is 4.90 Å². The van der Waals surface area contributed by atoms with Gasteiger partial charge >= 0.3 is 5.97 Å². The summed E-state index contributed by atoms with van der Waals surface area (Å²) in [6.07, 6.45) is 4.50. The SMILES string of the molecule is CCCN1CC[C@H]2c3c(cccc3C(=O)O)CC[C@H]21. The summed E-state index contributed by atoms with van der Waals surface area (Å²) in [5.74, 6) is -0.339.